The highest BCUT2D eigenvalue weighted by Crippen LogP contribution is 2.29. The predicted octanol–water partition coefficient (Wildman–Crippen LogP) is 3.51. The second kappa shape index (κ2) is 5.75. The van der Waals surface area contributed by atoms with Crippen LogP contribution in [0.25, 0.3) is 11.0 Å². The molecule has 0 aliphatic rings. The van der Waals surface area contributed by atoms with Crippen molar-refractivity contribution in [1.82, 2.24) is 15.3 Å². The summed E-state index contributed by atoms with van der Waals surface area (Å²) >= 11 is 0. The van der Waals surface area contributed by atoms with Gasteiger partial charge in [-0.1, -0.05) is 12.1 Å². The monoisotopic (exact) mass is 319 g/mol. The number of hydrogen-bond donors (Lipinski definition) is 2. The molecular formula is C16H12F3N3O. The summed E-state index contributed by atoms with van der Waals surface area (Å²) in [4.78, 5) is 19.2. The van der Waals surface area contributed by atoms with E-state index in [1.165, 1.54) is 12.1 Å². The van der Waals surface area contributed by atoms with Gasteiger partial charge in [-0.3, -0.25) is 4.79 Å². The molecular weight excluding hydrogens is 307 g/mol. The van der Waals surface area contributed by atoms with Crippen LogP contribution in [0.1, 0.15) is 21.5 Å². The lowest BCUT2D eigenvalue weighted by Gasteiger charge is -2.08. The van der Waals surface area contributed by atoms with Gasteiger partial charge in [0.25, 0.3) is 5.91 Å². The zero-order valence-corrected chi connectivity index (χ0v) is 11.8. The van der Waals surface area contributed by atoms with Crippen LogP contribution in [0.15, 0.2) is 48.8 Å². The lowest BCUT2D eigenvalue weighted by atomic mass is 10.1. The standard InChI is InChI=1S/C16H12F3N3O/c17-16(18,19)11-5-3-10(4-6-11)8-22-15(23)13-9-21-14-12(13)2-1-7-20-14/h1-7,9H,8H2,(H,20,21)(H,22,23). The molecule has 0 spiro atoms. The first-order valence-corrected chi connectivity index (χ1v) is 6.81. The molecule has 2 aromatic heterocycles. The maximum atomic E-state index is 12.5. The van der Waals surface area contributed by atoms with Crippen LogP contribution in [0, 0.1) is 0 Å². The largest absolute Gasteiger partial charge is 0.416 e. The van der Waals surface area contributed by atoms with E-state index in [1.54, 1.807) is 24.5 Å². The number of alkyl halides is 3. The van der Waals surface area contributed by atoms with Crippen LogP contribution in [-0.4, -0.2) is 15.9 Å². The van der Waals surface area contributed by atoms with E-state index in [1.807, 2.05) is 0 Å². The number of nitrogens with zero attached hydrogens (tertiary/aromatic N) is 1. The average molecular weight is 319 g/mol. The molecule has 118 valence electrons. The molecule has 7 heteroatoms. The molecule has 0 saturated carbocycles. The third-order valence-corrected chi connectivity index (χ3v) is 3.43. The minimum absolute atomic E-state index is 0.143. The predicted molar refractivity (Wildman–Crippen MR) is 78.7 cm³/mol. The molecule has 0 radical (unpaired) electrons. The van der Waals surface area contributed by atoms with Crippen LogP contribution in [0.4, 0.5) is 13.2 Å². The summed E-state index contributed by atoms with van der Waals surface area (Å²) in [5, 5.41) is 3.38. The number of carbonyl (C=O) groups is 1. The number of aromatic nitrogens is 2. The fourth-order valence-electron chi connectivity index (χ4n) is 2.23. The number of carbonyl (C=O) groups excluding carboxylic acids is 1. The molecule has 0 aliphatic heterocycles. The Hall–Kier alpha value is -2.83. The number of benzene rings is 1. The summed E-state index contributed by atoms with van der Waals surface area (Å²) in [6.45, 7) is 0.143. The minimum Gasteiger partial charge on any atom is -0.348 e. The minimum atomic E-state index is -4.36. The molecule has 23 heavy (non-hydrogen) atoms. The van der Waals surface area contributed by atoms with Gasteiger partial charge >= 0.3 is 6.18 Å². The fourth-order valence-corrected chi connectivity index (χ4v) is 2.23. The number of hydrogen-bond acceptors (Lipinski definition) is 2. The summed E-state index contributed by atoms with van der Waals surface area (Å²) in [5.41, 5.74) is 0.923. The third-order valence-electron chi connectivity index (χ3n) is 3.43. The van der Waals surface area contributed by atoms with Crippen molar-refractivity contribution in [1.29, 1.82) is 0 Å². The Morgan fingerprint density at radius 3 is 2.61 bits per heavy atom. The van der Waals surface area contributed by atoms with Crippen molar-refractivity contribution in [3.8, 4) is 0 Å². The van der Waals surface area contributed by atoms with Gasteiger partial charge in [-0.15, -0.1) is 0 Å². The van der Waals surface area contributed by atoms with E-state index in [0.29, 0.717) is 22.2 Å². The highest BCUT2D eigenvalue weighted by atomic mass is 19.4. The molecule has 1 aromatic carbocycles. The number of nitrogens with one attached hydrogen (secondary N) is 2. The first-order valence-electron chi connectivity index (χ1n) is 6.81. The van der Waals surface area contributed by atoms with Crippen LogP contribution in [0.5, 0.6) is 0 Å². The molecule has 0 aliphatic carbocycles. The van der Waals surface area contributed by atoms with Gasteiger partial charge in [0.15, 0.2) is 0 Å². The van der Waals surface area contributed by atoms with Gasteiger partial charge in [0, 0.05) is 24.3 Å². The summed E-state index contributed by atoms with van der Waals surface area (Å²) in [7, 11) is 0. The molecule has 2 heterocycles. The lowest BCUT2D eigenvalue weighted by molar-refractivity contribution is -0.137. The normalized spacial score (nSPS) is 11.6. The van der Waals surface area contributed by atoms with Gasteiger partial charge in [0.1, 0.15) is 5.65 Å². The number of aromatic amines is 1. The van der Waals surface area contributed by atoms with Crippen LogP contribution in [0.2, 0.25) is 0 Å². The van der Waals surface area contributed by atoms with Gasteiger partial charge in [0.2, 0.25) is 0 Å². The van der Waals surface area contributed by atoms with Gasteiger partial charge in [-0.05, 0) is 29.8 Å². The van der Waals surface area contributed by atoms with Crippen molar-refractivity contribution in [3.05, 3.63) is 65.5 Å². The van der Waals surface area contributed by atoms with E-state index in [9.17, 15) is 18.0 Å². The van der Waals surface area contributed by atoms with Crippen LogP contribution >= 0.6 is 0 Å². The number of pyridine rings is 1. The summed E-state index contributed by atoms with van der Waals surface area (Å²) in [6.07, 6.45) is -1.19. The SMILES string of the molecule is O=C(NCc1ccc(C(F)(F)F)cc1)c1c[nH]c2ncccc12. The van der Waals surface area contributed by atoms with Crippen molar-refractivity contribution in [2.24, 2.45) is 0 Å². The first-order chi connectivity index (χ1) is 10.9. The van der Waals surface area contributed by atoms with Gasteiger partial charge in [0.05, 0.1) is 11.1 Å². The molecule has 0 unspecified atom stereocenters. The summed E-state index contributed by atoms with van der Waals surface area (Å²) < 4.78 is 37.5. The zero-order chi connectivity index (χ0) is 16.4. The van der Waals surface area contributed by atoms with E-state index < -0.39 is 11.7 Å². The van der Waals surface area contributed by atoms with E-state index in [0.717, 1.165) is 12.1 Å². The Morgan fingerprint density at radius 2 is 1.91 bits per heavy atom. The Balaban J connectivity index is 1.69. The quantitative estimate of drug-likeness (QED) is 0.776. The molecule has 0 atom stereocenters. The van der Waals surface area contributed by atoms with Crippen LogP contribution < -0.4 is 5.32 Å². The molecule has 3 aromatic rings. The second-order valence-electron chi connectivity index (χ2n) is 4.98. The van der Waals surface area contributed by atoms with E-state index in [4.69, 9.17) is 0 Å². The molecule has 0 bridgehead atoms. The van der Waals surface area contributed by atoms with Gasteiger partial charge in [-0.25, -0.2) is 4.98 Å². The van der Waals surface area contributed by atoms with Crippen molar-refractivity contribution < 1.29 is 18.0 Å². The van der Waals surface area contributed by atoms with Crippen molar-refractivity contribution in [2.45, 2.75) is 12.7 Å². The molecule has 0 fully saturated rings. The number of rotatable bonds is 3. The Kier molecular flexibility index (Phi) is 3.77. The smallest absolute Gasteiger partial charge is 0.348 e. The van der Waals surface area contributed by atoms with Crippen molar-refractivity contribution >= 4 is 16.9 Å². The van der Waals surface area contributed by atoms with E-state index in [2.05, 4.69) is 15.3 Å². The number of fused-ring (bicyclic) bond motifs is 1. The molecule has 2 N–H and O–H groups in total. The zero-order valence-electron chi connectivity index (χ0n) is 11.8. The Bertz CT molecular complexity index is 838. The molecule has 4 nitrogen and oxygen atoms in total. The summed E-state index contributed by atoms with van der Waals surface area (Å²) in [5.74, 6) is -0.316. The highest BCUT2D eigenvalue weighted by molar-refractivity contribution is 6.05. The van der Waals surface area contributed by atoms with E-state index >= 15 is 0 Å². The topological polar surface area (TPSA) is 57.8 Å². The molecule has 0 saturated heterocycles. The number of halogens is 3. The highest BCUT2D eigenvalue weighted by Gasteiger charge is 2.29. The number of H-pyrrole nitrogens is 1. The number of amides is 1. The van der Waals surface area contributed by atoms with Crippen molar-refractivity contribution in [3.63, 3.8) is 0 Å². The lowest BCUT2D eigenvalue weighted by Crippen LogP contribution is -2.22. The fraction of sp³-hybridized carbons (Fsp3) is 0.125. The van der Waals surface area contributed by atoms with Gasteiger partial charge in [-0.2, -0.15) is 13.2 Å². The third kappa shape index (κ3) is 3.18. The Morgan fingerprint density at radius 1 is 1.17 bits per heavy atom. The van der Waals surface area contributed by atoms with E-state index in [-0.39, 0.29) is 12.5 Å². The van der Waals surface area contributed by atoms with Gasteiger partial charge < -0.3 is 10.3 Å². The maximum absolute atomic E-state index is 12.5. The average Bonchev–Trinajstić information content (AvgIpc) is 2.96. The second-order valence-corrected chi connectivity index (χ2v) is 4.98. The Labute approximate surface area is 129 Å². The molecule has 1 amide bonds. The van der Waals surface area contributed by atoms with Crippen LogP contribution in [0.3, 0.4) is 0 Å². The maximum Gasteiger partial charge on any atom is 0.416 e. The summed E-state index contributed by atoms with van der Waals surface area (Å²) in [6, 6.07) is 8.18. The van der Waals surface area contributed by atoms with Crippen LogP contribution in [-0.2, 0) is 12.7 Å². The molecule has 3 rings (SSSR count). The first kappa shape index (κ1) is 15.1. The van der Waals surface area contributed by atoms with Crippen molar-refractivity contribution in [2.75, 3.05) is 0 Å².